The zero-order chi connectivity index (χ0) is 11.6. The van der Waals surface area contributed by atoms with E-state index in [2.05, 4.69) is 0 Å². The number of rotatable bonds is 3. The number of alkyl halides is 2. The van der Waals surface area contributed by atoms with Gasteiger partial charge in [-0.1, -0.05) is 17.7 Å². The smallest absolute Gasteiger partial charge is 0.240 e. The number of hydrogen-bond acceptors (Lipinski definition) is 1. The van der Waals surface area contributed by atoms with Crippen LogP contribution < -0.4 is 5.73 Å². The van der Waals surface area contributed by atoms with Gasteiger partial charge in [0.05, 0.1) is 5.02 Å². The first-order valence-electron chi connectivity index (χ1n) is 4.41. The van der Waals surface area contributed by atoms with Gasteiger partial charge < -0.3 is 5.73 Å². The maximum absolute atomic E-state index is 13.3. The van der Waals surface area contributed by atoms with E-state index in [9.17, 15) is 13.2 Å². The van der Waals surface area contributed by atoms with Crippen molar-refractivity contribution in [2.75, 3.05) is 0 Å². The van der Waals surface area contributed by atoms with Gasteiger partial charge in [-0.05, 0) is 18.6 Å². The average Bonchev–Trinajstić information content (AvgIpc) is 2.11. The minimum Gasteiger partial charge on any atom is -0.324 e. The summed E-state index contributed by atoms with van der Waals surface area (Å²) in [7, 11) is 0. The number of halogens is 4. The number of benzene rings is 1. The largest absolute Gasteiger partial charge is 0.324 e. The van der Waals surface area contributed by atoms with Gasteiger partial charge >= 0.3 is 0 Å². The summed E-state index contributed by atoms with van der Waals surface area (Å²) < 4.78 is 37.5. The van der Waals surface area contributed by atoms with Gasteiger partial charge in [0.1, 0.15) is 5.82 Å². The molecule has 1 atom stereocenters. The number of hydrogen-bond donors (Lipinski definition) is 1. The topological polar surface area (TPSA) is 26.0 Å². The van der Waals surface area contributed by atoms with Crippen LogP contribution in [0.1, 0.15) is 23.6 Å². The Hall–Kier alpha value is -0.740. The van der Waals surface area contributed by atoms with Crippen LogP contribution in [0.15, 0.2) is 12.1 Å². The van der Waals surface area contributed by atoms with Crippen LogP contribution in [0.5, 0.6) is 0 Å². The Bertz CT molecular complexity index is 355. The summed E-state index contributed by atoms with van der Waals surface area (Å²) in [5.41, 5.74) is 6.05. The highest BCUT2D eigenvalue weighted by atomic mass is 35.5. The molecule has 0 aliphatic rings. The number of aryl methyl sites for hydroxylation is 1. The first-order valence-corrected chi connectivity index (χ1v) is 4.79. The van der Waals surface area contributed by atoms with Crippen molar-refractivity contribution in [2.45, 2.75) is 25.8 Å². The summed E-state index contributed by atoms with van der Waals surface area (Å²) in [6, 6.07) is 1.59. The van der Waals surface area contributed by atoms with Gasteiger partial charge in [-0.2, -0.15) is 0 Å². The highest BCUT2D eigenvalue weighted by molar-refractivity contribution is 6.32. The maximum Gasteiger partial charge on any atom is 0.240 e. The lowest BCUT2D eigenvalue weighted by Gasteiger charge is -2.15. The molecule has 15 heavy (non-hydrogen) atoms. The minimum atomic E-state index is -2.57. The molecular formula is C10H11ClF3N. The summed E-state index contributed by atoms with van der Waals surface area (Å²) in [5, 5.41) is 0.128. The van der Waals surface area contributed by atoms with Crippen LogP contribution in [0, 0.1) is 12.7 Å². The summed E-state index contributed by atoms with van der Waals surface area (Å²) in [6.07, 6.45) is -3.17. The lowest BCUT2D eigenvalue weighted by atomic mass is 10.0. The molecule has 0 bridgehead atoms. The van der Waals surface area contributed by atoms with E-state index in [1.807, 2.05) is 0 Å². The van der Waals surface area contributed by atoms with Gasteiger partial charge in [0.15, 0.2) is 0 Å². The molecule has 0 unspecified atom stereocenters. The Labute approximate surface area is 91.0 Å². The van der Waals surface area contributed by atoms with Crippen LogP contribution in [-0.2, 0) is 0 Å². The van der Waals surface area contributed by atoms with E-state index in [1.54, 1.807) is 6.92 Å². The minimum absolute atomic E-state index is 0.0306. The SMILES string of the molecule is Cc1ccc(F)c([C@@H](N)CC(F)F)c1Cl. The van der Waals surface area contributed by atoms with E-state index in [4.69, 9.17) is 17.3 Å². The molecule has 1 aromatic carbocycles. The molecule has 0 aliphatic heterocycles. The van der Waals surface area contributed by atoms with Crippen LogP contribution in [0.2, 0.25) is 5.02 Å². The lowest BCUT2D eigenvalue weighted by molar-refractivity contribution is 0.128. The molecule has 1 nitrogen and oxygen atoms in total. The first kappa shape index (κ1) is 12.3. The van der Waals surface area contributed by atoms with Crippen molar-refractivity contribution in [3.8, 4) is 0 Å². The third-order valence-electron chi connectivity index (χ3n) is 2.12. The third kappa shape index (κ3) is 2.86. The maximum atomic E-state index is 13.3. The molecule has 0 spiro atoms. The van der Waals surface area contributed by atoms with Gasteiger partial charge in [0, 0.05) is 18.0 Å². The average molecular weight is 238 g/mol. The van der Waals surface area contributed by atoms with Crippen LogP contribution in [0.3, 0.4) is 0 Å². The lowest BCUT2D eigenvalue weighted by Crippen LogP contribution is -2.16. The standard InChI is InChI=1S/C10H11ClF3N/c1-5-2-3-6(12)9(10(5)11)7(15)4-8(13)14/h2-3,7-8H,4,15H2,1H3/t7-/m0/s1. The van der Waals surface area contributed by atoms with E-state index in [1.165, 1.54) is 12.1 Å². The zero-order valence-corrected chi connectivity index (χ0v) is 8.86. The molecule has 0 radical (unpaired) electrons. The van der Waals surface area contributed by atoms with Gasteiger partial charge in [-0.25, -0.2) is 13.2 Å². The Morgan fingerprint density at radius 3 is 2.53 bits per heavy atom. The quantitative estimate of drug-likeness (QED) is 0.856. The fraction of sp³-hybridized carbons (Fsp3) is 0.400. The van der Waals surface area contributed by atoms with Crippen molar-refractivity contribution in [3.63, 3.8) is 0 Å². The Balaban J connectivity index is 3.07. The van der Waals surface area contributed by atoms with Crippen molar-refractivity contribution in [3.05, 3.63) is 34.1 Å². The summed E-state index contributed by atoms with van der Waals surface area (Å²) in [6.45, 7) is 1.67. The second kappa shape index (κ2) is 4.86. The molecule has 0 heterocycles. The fourth-order valence-electron chi connectivity index (χ4n) is 1.33. The predicted octanol–water partition coefficient (Wildman–Crippen LogP) is 3.44. The molecule has 1 aromatic rings. The third-order valence-corrected chi connectivity index (χ3v) is 2.62. The Kier molecular flexibility index (Phi) is 3.99. The molecule has 1 rings (SSSR count). The van der Waals surface area contributed by atoms with Gasteiger partial charge in [-0.3, -0.25) is 0 Å². The van der Waals surface area contributed by atoms with Gasteiger partial charge in [0.2, 0.25) is 6.43 Å². The molecule has 5 heteroatoms. The van der Waals surface area contributed by atoms with Crippen molar-refractivity contribution in [1.29, 1.82) is 0 Å². The summed E-state index contributed by atoms with van der Waals surface area (Å²) >= 11 is 5.81. The highest BCUT2D eigenvalue weighted by Crippen LogP contribution is 2.30. The first-order chi connectivity index (χ1) is 6.93. The Morgan fingerprint density at radius 1 is 1.40 bits per heavy atom. The van der Waals surface area contributed by atoms with Gasteiger partial charge in [-0.15, -0.1) is 0 Å². The zero-order valence-electron chi connectivity index (χ0n) is 8.11. The monoisotopic (exact) mass is 237 g/mol. The molecule has 84 valence electrons. The second-order valence-corrected chi connectivity index (χ2v) is 3.70. The van der Waals surface area contributed by atoms with E-state index in [0.717, 1.165) is 0 Å². The van der Waals surface area contributed by atoms with Crippen molar-refractivity contribution >= 4 is 11.6 Å². The predicted molar refractivity (Wildman–Crippen MR) is 53.7 cm³/mol. The molecule has 0 aromatic heterocycles. The molecular weight excluding hydrogens is 227 g/mol. The van der Waals surface area contributed by atoms with Gasteiger partial charge in [0.25, 0.3) is 0 Å². The molecule has 2 N–H and O–H groups in total. The van der Waals surface area contributed by atoms with Crippen LogP contribution in [0.4, 0.5) is 13.2 Å². The van der Waals surface area contributed by atoms with E-state index in [-0.39, 0.29) is 10.6 Å². The van der Waals surface area contributed by atoms with E-state index in [0.29, 0.717) is 5.56 Å². The molecule has 0 amide bonds. The van der Waals surface area contributed by atoms with E-state index >= 15 is 0 Å². The van der Waals surface area contributed by atoms with E-state index < -0.39 is 24.7 Å². The van der Waals surface area contributed by atoms with Crippen LogP contribution in [0.25, 0.3) is 0 Å². The highest BCUT2D eigenvalue weighted by Gasteiger charge is 2.20. The molecule has 0 aliphatic carbocycles. The molecule has 0 fully saturated rings. The summed E-state index contributed by atoms with van der Waals surface area (Å²) in [4.78, 5) is 0. The van der Waals surface area contributed by atoms with Crippen molar-refractivity contribution in [2.24, 2.45) is 5.73 Å². The van der Waals surface area contributed by atoms with Crippen LogP contribution in [-0.4, -0.2) is 6.43 Å². The van der Waals surface area contributed by atoms with Crippen molar-refractivity contribution in [1.82, 2.24) is 0 Å². The fourth-order valence-corrected chi connectivity index (χ4v) is 1.62. The van der Waals surface area contributed by atoms with Crippen molar-refractivity contribution < 1.29 is 13.2 Å². The Morgan fingerprint density at radius 2 is 2.00 bits per heavy atom. The normalized spacial score (nSPS) is 13.3. The molecule has 0 saturated carbocycles. The summed E-state index contributed by atoms with van der Waals surface area (Å²) in [5.74, 6) is -0.640. The second-order valence-electron chi connectivity index (χ2n) is 3.33. The van der Waals surface area contributed by atoms with Crippen LogP contribution >= 0.6 is 11.6 Å². The number of nitrogens with two attached hydrogens (primary N) is 1. The molecule has 0 saturated heterocycles.